The molecule has 2 fully saturated rings. The summed E-state index contributed by atoms with van der Waals surface area (Å²) in [6.07, 6.45) is 8.40. The minimum absolute atomic E-state index is 0.0871. The molecule has 2 aliphatic heterocycles. The van der Waals surface area contributed by atoms with Crippen LogP contribution in [0.5, 0.6) is 0 Å². The Kier molecular flexibility index (Phi) is 8.85. The zero-order valence-corrected chi connectivity index (χ0v) is 20.8. The first kappa shape index (κ1) is 27.0. The lowest BCUT2D eigenvalue weighted by atomic mass is 9.76. The number of piperidine rings is 1. The van der Waals surface area contributed by atoms with Crippen molar-refractivity contribution in [3.8, 4) is 6.07 Å². The third-order valence-corrected chi connectivity index (χ3v) is 8.01. The summed E-state index contributed by atoms with van der Waals surface area (Å²) in [6.45, 7) is 1.76. The summed E-state index contributed by atoms with van der Waals surface area (Å²) in [5, 5.41) is 24.1. The molecule has 11 heteroatoms. The van der Waals surface area contributed by atoms with Crippen molar-refractivity contribution in [2.75, 3.05) is 6.61 Å². The van der Waals surface area contributed by atoms with Gasteiger partial charge in [0.25, 0.3) is 15.8 Å². The lowest BCUT2D eigenvalue weighted by Gasteiger charge is -2.42. The molecule has 2 heterocycles. The zero-order valence-electron chi connectivity index (χ0n) is 20.0. The smallest absolute Gasteiger partial charge is 0.307 e. The summed E-state index contributed by atoms with van der Waals surface area (Å²) < 4.78 is 36.4. The number of fused-ring (bicyclic) bond motifs is 2. The number of nitrogens with one attached hydrogen (secondary N) is 1. The van der Waals surface area contributed by atoms with Gasteiger partial charge in [-0.15, -0.1) is 0 Å². The van der Waals surface area contributed by atoms with Gasteiger partial charge in [-0.25, -0.2) is 0 Å². The van der Waals surface area contributed by atoms with Gasteiger partial charge in [0.15, 0.2) is 5.72 Å². The number of nitro benzene ring substituents is 1. The van der Waals surface area contributed by atoms with Gasteiger partial charge in [-0.1, -0.05) is 39.0 Å². The number of unbranched alkanes of at least 4 members (excludes halogenated alkanes) is 5. The fourth-order valence-electron chi connectivity index (χ4n) is 4.96. The van der Waals surface area contributed by atoms with E-state index in [0.29, 0.717) is 25.7 Å². The molecule has 1 aromatic carbocycles. The highest BCUT2D eigenvalue weighted by atomic mass is 32.2. The van der Waals surface area contributed by atoms with E-state index >= 15 is 0 Å². The maximum atomic E-state index is 12.7. The second-order valence-corrected chi connectivity index (χ2v) is 11.2. The highest BCUT2D eigenvalue weighted by Gasteiger charge is 2.55. The molecule has 2 aliphatic rings. The first-order valence-electron chi connectivity index (χ1n) is 12.2. The number of nitrogens with zero attached hydrogens (tertiary/aromatic N) is 2. The number of nitriles is 1. The third kappa shape index (κ3) is 6.99. The summed E-state index contributed by atoms with van der Waals surface area (Å²) in [6, 6.07) is 6.51. The predicted molar refractivity (Wildman–Crippen MR) is 126 cm³/mol. The number of non-ortho nitro benzene ring substituents is 1. The Morgan fingerprint density at radius 2 is 1.91 bits per heavy atom. The van der Waals surface area contributed by atoms with E-state index in [4.69, 9.17) is 8.92 Å². The van der Waals surface area contributed by atoms with Crippen molar-refractivity contribution in [3.63, 3.8) is 0 Å². The number of carbonyl (C=O) groups excluding carboxylic acids is 1. The molecule has 3 unspecified atom stereocenters. The number of benzene rings is 1. The molecule has 1 N–H and O–H groups in total. The number of carbonyl (C=O) groups is 1. The van der Waals surface area contributed by atoms with Gasteiger partial charge in [-0.3, -0.25) is 24.4 Å². The van der Waals surface area contributed by atoms with E-state index in [0.717, 1.165) is 56.4 Å². The van der Waals surface area contributed by atoms with Crippen LogP contribution in [0.15, 0.2) is 29.2 Å². The summed E-state index contributed by atoms with van der Waals surface area (Å²) in [5.74, 6) is -0.318. The third-order valence-electron chi connectivity index (χ3n) is 6.73. The Bertz CT molecular complexity index is 1050. The van der Waals surface area contributed by atoms with E-state index in [9.17, 15) is 28.6 Å². The molecule has 0 amide bonds. The number of rotatable bonds is 13. The van der Waals surface area contributed by atoms with E-state index < -0.39 is 32.8 Å². The molecular formula is C24H33N3O7S. The molecule has 0 aromatic heterocycles. The number of esters is 1. The fourth-order valence-corrected chi connectivity index (χ4v) is 5.95. The van der Waals surface area contributed by atoms with Crippen LogP contribution in [-0.4, -0.2) is 37.7 Å². The van der Waals surface area contributed by atoms with Gasteiger partial charge in [0.2, 0.25) is 0 Å². The normalized spacial score (nSPS) is 25.7. The van der Waals surface area contributed by atoms with Crippen LogP contribution in [0.25, 0.3) is 0 Å². The van der Waals surface area contributed by atoms with E-state index in [1.54, 1.807) is 0 Å². The summed E-state index contributed by atoms with van der Waals surface area (Å²) in [4.78, 5) is 22.5. The topological polar surface area (TPSA) is 149 Å². The van der Waals surface area contributed by atoms with Crippen molar-refractivity contribution in [2.24, 2.45) is 5.41 Å². The van der Waals surface area contributed by atoms with Gasteiger partial charge in [-0.05, 0) is 31.4 Å². The maximum Gasteiger partial charge on any atom is 0.307 e. The standard InChI is InChI=1S/C24H33N3O7S/c1-2-3-4-5-6-7-8-22(28)34-24-14-13-19(26-24)15-23(16-24,17-25)18-33-35(31,32)21-11-9-20(10-12-21)27(29)30/h9-12,19,26H,2-8,13-16,18H2,1H3. The van der Waals surface area contributed by atoms with Crippen molar-refractivity contribution < 1.29 is 27.1 Å². The molecule has 2 saturated heterocycles. The Morgan fingerprint density at radius 1 is 1.23 bits per heavy atom. The number of hydrogen-bond acceptors (Lipinski definition) is 9. The summed E-state index contributed by atoms with van der Waals surface area (Å²) in [7, 11) is -4.23. The Hall–Kier alpha value is -2.55. The van der Waals surface area contributed by atoms with Gasteiger partial charge in [0, 0.05) is 37.4 Å². The fraction of sp³-hybridized carbons (Fsp3) is 0.667. The van der Waals surface area contributed by atoms with Crippen molar-refractivity contribution in [3.05, 3.63) is 34.4 Å². The van der Waals surface area contributed by atoms with Gasteiger partial charge < -0.3 is 4.74 Å². The molecule has 192 valence electrons. The average Bonchev–Trinajstić information content (AvgIpc) is 3.14. The van der Waals surface area contributed by atoms with Crippen LogP contribution in [0.1, 0.15) is 77.6 Å². The molecule has 1 aromatic rings. The zero-order chi connectivity index (χ0) is 25.5. The van der Waals surface area contributed by atoms with Crippen LogP contribution >= 0.6 is 0 Å². The first-order valence-corrected chi connectivity index (χ1v) is 13.6. The lowest BCUT2D eigenvalue weighted by Crippen LogP contribution is -2.56. The lowest BCUT2D eigenvalue weighted by molar-refractivity contribution is -0.384. The Morgan fingerprint density at radius 3 is 2.57 bits per heavy atom. The van der Waals surface area contributed by atoms with Crippen molar-refractivity contribution >= 4 is 21.8 Å². The molecule has 35 heavy (non-hydrogen) atoms. The molecule has 0 spiro atoms. The van der Waals surface area contributed by atoms with E-state index in [1.165, 1.54) is 6.42 Å². The van der Waals surface area contributed by atoms with Crippen LogP contribution in [0, 0.1) is 26.9 Å². The molecule has 3 rings (SSSR count). The second-order valence-electron chi connectivity index (χ2n) is 9.61. The van der Waals surface area contributed by atoms with Crippen LogP contribution in [0.4, 0.5) is 5.69 Å². The Balaban J connectivity index is 1.60. The van der Waals surface area contributed by atoms with Crippen molar-refractivity contribution in [1.82, 2.24) is 5.32 Å². The average molecular weight is 508 g/mol. The van der Waals surface area contributed by atoms with Crippen molar-refractivity contribution in [1.29, 1.82) is 5.26 Å². The highest BCUT2D eigenvalue weighted by Crippen LogP contribution is 2.47. The molecule has 0 saturated carbocycles. The molecule has 0 radical (unpaired) electrons. The quantitative estimate of drug-likeness (QED) is 0.135. The summed E-state index contributed by atoms with van der Waals surface area (Å²) in [5.41, 5.74) is -2.39. The first-order chi connectivity index (χ1) is 16.6. The monoisotopic (exact) mass is 507 g/mol. The number of ether oxygens (including phenoxy) is 1. The van der Waals surface area contributed by atoms with Crippen LogP contribution in [0.3, 0.4) is 0 Å². The van der Waals surface area contributed by atoms with E-state index in [1.807, 2.05) is 0 Å². The minimum atomic E-state index is -4.23. The molecule has 10 nitrogen and oxygen atoms in total. The summed E-state index contributed by atoms with van der Waals surface area (Å²) >= 11 is 0. The van der Waals surface area contributed by atoms with Crippen LogP contribution in [-0.2, 0) is 23.8 Å². The van der Waals surface area contributed by atoms with Gasteiger partial charge >= 0.3 is 5.97 Å². The molecule has 2 bridgehead atoms. The predicted octanol–water partition coefficient (Wildman–Crippen LogP) is 4.35. The minimum Gasteiger partial charge on any atom is -0.444 e. The second kappa shape index (κ2) is 11.5. The SMILES string of the molecule is CCCCCCCCC(=O)OC12CCC(CC(C#N)(COS(=O)(=O)c3ccc([N+](=O)[O-])cc3)C1)N2. The highest BCUT2D eigenvalue weighted by molar-refractivity contribution is 7.86. The van der Waals surface area contributed by atoms with Crippen LogP contribution < -0.4 is 5.32 Å². The molecule has 0 aliphatic carbocycles. The number of hydrogen-bond donors (Lipinski definition) is 1. The molecule has 3 atom stereocenters. The largest absolute Gasteiger partial charge is 0.444 e. The van der Waals surface area contributed by atoms with E-state index in [2.05, 4.69) is 18.3 Å². The molecular weight excluding hydrogens is 474 g/mol. The van der Waals surface area contributed by atoms with Gasteiger partial charge in [-0.2, -0.15) is 13.7 Å². The van der Waals surface area contributed by atoms with Crippen LogP contribution in [0.2, 0.25) is 0 Å². The Labute approximate surface area is 206 Å². The van der Waals surface area contributed by atoms with Gasteiger partial charge in [0.05, 0.1) is 27.9 Å². The van der Waals surface area contributed by atoms with Crippen molar-refractivity contribution in [2.45, 2.75) is 94.2 Å². The maximum absolute atomic E-state index is 12.7. The van der Waals surface area contributed by atoms with E-state index in [-0.39, 0.29) is 29.0 Å². The van der Waals surface area contributed by atoms with Gasteiger partial charge in [0.1, 0.15) is 0 Å². The number of nitro groups is 1.